The van der Waals surface area contributed by atoms with Gasteiger partial charge in [-0.3, -0.25) is 0 Å². The first-order valence-corrected chi connectivity index (χ1v) is 5.66. The van der Waals surface area contributed by atoms with Gasteiger partial charge in [0.2, 0.25) is 0 Å². The number of halogens is 1. The molecule has 0 N–H and O–H groups in total. The number of imidazole rings is 1. The largest absolute Gasteiger partial charge is 0.324 e. The quantitative estimate of drug-likeness (QED) is 0.705. The van der Waals surface area contributed by atoms with Gasteiger partial charge in [0, 0.05) is 6.04 Å². The third-order valence-electron chi connectivity index (χ3n) is 2.50. The highest BCUT2D eigenvalue weighted by Gasteiger charge is 2.15. The van der Waals surface area contributed by atoms with Crippen molar-refractivity contribution in [2.75, 3.05) is 0 Å². The summed E-state index contributed by atoms with van der Waals surface area (Å²) in [5.41, 5.74) is 2.18. The van der Waals surface area contributed by atoms with Crippen LogP contribution in [0.2, 0.25) is 0 Å². The number of rotatable bonds is 2. The topological polar surface area (TPSA) is 17.8 Å². The van der Waals surface area contributed by atoms with Crippen LogP contribution in [0.5, 0.6) is 0 Å². The van der Waals surface area contributed by atoms with Gasteiger partial charge < -0.3 is 4.57 Å². The lowest BCUT2D eigenvalue weighted by Crippen LogP contribution is -2.06. The van der Waals surface area contributed by atoms with E-state index >= 15 is 0 Å². The molecule has 1 heterocycles. The number of para-hydroxylation sites is 2. The fourth-order valence-corrected chi connectivity index (χ4v) is 2.04. The lowest BCUT2D eigenvalue weighted by atomic mass is 10.3. The molecule has 15 heavy (non-hydrogen) atoms. The molecule has 0 fully saturated rings. The van der Waals surface area contributed by atoms with Crippen molar-refractivity contribution >= 4 is 22.6 Å². The van der Waals surface area contributed by atoms with Gasteiger partial charge in [-0.1, -0.05) is 12.1 Å². The zero-order chi connectivity index (χ0) is 11.0. The van der Waals surface area contributed by atoms with E-state index in [1.165, 1.54) is 0 Å². The van der Waals surface area contributed by atoms with Crippen LogP contribution in [0.15, 0.2) is 24.3 Å². The molecule has 1 aromatic heterocycles. The fourth-order valence-electron chi connectivity index (χ4n) is 1.89. The first kappa shape index (κ1) is 10.5. The molecule has 0 aliphatic carbocycles. The maximum Gasteiger partial charge on any atom is 0.127 e. The second-order valence-corrected chi connectivity index (χ2v) is 4.69. The SMILES string of the molecule is CC(C)n1c([C@@H](C)Cl)nc2ccccc21. The van der Waals surface area contributed by atoms with E-state index < -0.39 is 0 Å². The third-order valence-corrected chi connectivity index (χ3v) is 2.69. The maximum atomic E-state index is 6.14. The Morgan fingerprint density at radius 1 is 1.20 bits per heavy atom. The molecule has 0 amide bonds. The van der Waals surface area contributed by atoms with E-state index in [1.54, 1.807) is 0 Å². The summed E-state index contributed by atoms with van der Waals surface area (Å²) < 4.78 is 2.20. The number of aromatic nitrogens is 2. The Kier molecular flexibility index (Phi) is 2.70. The van der Waals surface area contributed by atoms with E-state index in [-0.39, 0.29) is 5.38 Å². The highest BCUT2D eigenvalue weighted by Crippen LogP contribution is 2.27. The second kappa shape index (κ2) is 3.86. The van der Waals surface area contributed by atoms with Gasteiger partial charge in [0.1, 0.15) is 5.82 Å². The van der Waals surface area contributed by atoms with Crippen molar-refractivity contribution in [3.05, 3.63) is 30.1 Å². The van der Waals surface area contributed by atoms with Crippen LogP contribution in [0, 0.1) is 0 Å². The van der Waals surface area contributed by atoms with Gasteiger partial charge in [0.05, 0.1) is 16.4 Å². The number of alkyl halides is 1. The molecule has 0 saturated heterocycles. The molecular formula is C12H15ClN2. The summed E-state index contributed by atoms with van der Waals surface area (Å²) in [4.78, 5) is 4.56. The first-order chi connectivity index (χ1) is 7.11. The highest BCUT2D eigenvalue weighted by molar-refractivity contribution is 6.20. The van der Waals surface area contributed by atoms with Crippen molar-refractivity contribution in [3.8, 4) is 0 Å². The Bertz CT molecular complexity index is 471. The van der Waals surface area contributed by atoms with Crippen molar-refractivity contribution in [2.24, 2.45) is 0 Å². The van der Waals surface area contributed by atoms with Crippen molar-refractivity contribution < 1.29 is 0 Å². The lowest BCUT2D eigenvalue weighted by molar-refractivity contribution is 0.584. The normalized spacial score (nSPS) is 13.7. The lowest BCUT2D eigenvalue weighted by Gasteiger charge is -2.13. The number of benzene rings is 1. The highest BCUT2D eigenvalue weighted by atomic mass is 35.5. The number of hydrogen-bond donors (Lipinski definition) is 0. The van der Waals surface area contributed by atoms with Crippen LogP contribution in [0.4, 0.5) is 0 Å². The number of fused-ring (bicyclic) bond motifs is 1. The zero-order valence-electron chi connectivity index (χ0n) is 9.24. The van der Waals surface area contributed by atoms with Gasteiger partial charge in [-0.15, -0.1) is 11.6 Å². The molecule has 0 saturated carbocycles. The summed E-state index contributed by atoms with van der Waals surface area (Å²) in [6.07, 6.45) is 0. The Labute approximate surface area is 94.9 Å². The molecule has 2 rings (SSSR count). The van der Waals surface area contributed by atoms with Crippen LogP contribution in [0.1, 0.15) is 38.0 Å². The molecule has 2 aromatic rings. The van der Waals surface area contributed by atoms with Crippen molar-refractivity contribution in [1.82, 2.24) is 9.55 Å². The van der Waals surface area contributed by atoms with E-state index in [0.29, 0.717) is 6.04 Å². The molecule has 0 aliphatic heterocycles. The Balaban J connectivity index is 2.75. The zero-order valence-corrected chi connectivity index (χ0v) is 9.99. The van der Waals surface area contributed by atoms with Crippen molar-refractivity contribution in [1.29, 1.82) is 0 Å². The van der Waals surface area contributed by atoms with Crippen LogP contribution in [-0.4, -0.2) is 9.55 Å². The fraction of sp³-hybridized carbons (Fsp3) is 0.417. The summed E-state index contributed by atoms with van der Waals surface area (Å²) in [6, 6.07) is 8.53. The van der Waals surface area contributed by atoms with Gasteiger partial charge in [-0.05, 0) is 32.9 Å². The molecule has 0 bridgehead atoms. The van der Waals surface area contributed by atoms with E-state index in [2.05, 4.69) is 29.5 Å². The van der Waals surface area contributed by atoms with E-state index in [4.69, 9.17) is 11.6 Å². The minimum absolute atomic E-state index is 0.0557. The standard InChI is InChI=1S/C12H15ClN2/c1-8(2)15-11-7-5-4-6-10(11)14-12(15)9(3)13/h4-9H,1-3H3/t9-/m1/s1. The second-order valence-electron chi connectivity index (χ2n) is 4.04. The number of nitrogens with zero attached hydrogens (tertiary/aromatic N) is 2. The van der Waals surface area contributed by atoms with Crippen LogP contribution in [0.3, 0.4) is 0 Å². The molecule has 0 unspecified atom stereocenters. The van der Waals surface area contributed by atoms with Gasteiger partial charge in [-0.2, -0.15) is 0 Å². The minimum Gasteiger partial charge on any atom is -0.324 e. The van der Waals surface area contributed by atoms with Gasteiger partial charge >= 0.3 is 0 Å². The van der Waals surface area contributed by atoms with E-state index in [9.17, 15) is 0 Å². The Hall–Kier alpha value is -1.02. The van der Waals surface area contributed by atoms with E-state index in [0.717, 1.165) is 16.9 Å². The smallest absolute Gasteiger partial charge is 0.127 e. The molecule has 0 aliphatic rings. The molecule has 0 radical (unpaired) electrons. The monoisotopic (exact) mass is 222 g/mol. The summed E-state index contributed by atoms with van der Waals surface area (Å²) in [6.45, 7) is 6.26. The summed E-state index contributed by atoms with van der Waals surface area (Å²) in [7, 11) is 0. The van der Waals surface area contributed by atoms with Gasteiger partial charge in [0.15, 0.2) is 0 Å². The molecule has 2 nitrogen and oxygen atoms in total. The molecule has 1 atom stereocenters. The number of hydrogen-bond acceptors (Lipinski definition) is 1. The Morgan fingerprint density at radius 3 is 2.47 bits per heavy atom. The van der Waals surface area contributed by atoms with E-state index in [1.807, 2.05) is 25.1 Å². The minimum atomic E-state index is -0.0557. The maximum absolute atomic E-state index is 6.14. The van der Waals surface area contributed by atoms with Crippen LogP contribution < -0.4 is 0 Å². The van der Waals surface area contributed by atoms with Gasteiger partial charge in [-0.25, -0.2) is 4.98 Å². The van der Waals surface area contributed by atoms with Crippen molar-refractivity contribution in [2.45, 2.75) is 32.2 Å². The van der Waals surface area contributed by atoms with Crippen LogP contribution in [-0.2, 0) is 0 Å². The van der Waals surface area contributed by atoms with Crippen LogP contribution >= 0.6 is 11.6 Å². The average Bonchev–Trinajstić information content (AvgIpc) is 2.56. The Morgan fingerprint density at radius 2 is 1.87 bits per heavy atom. The third kappa shape index (κ3) is 1.74. The molecule has 1 aromatic carbocycles. The molecule has 3 heteroatoms. The summed E-state index contributed by atoms with van der Waals surface area (Å²) in [5, 5.41) is -0.0557. The van der Waals surface area contributed by atoms with Crippen LogP contribution in [0.25, 0.3) is 11.0 Å². The molecular weight excluding hydrogens is 208 g/mol. The average molecular weight is 223 g/mol. The predicted molar refractivity (Wildman–Crippen MR) is 64.4 cm³/mol. The summed E-state index contributed by atoms with van der Waals surface area (Å²) >= 11 is 6.14. The molecule has 80 valence electrons. The van der Waals surface area contributed by atoms with Gasteiger partial charge in [0.25, 0.3) is 0 Å². The predicted octanol–water partition coefficient (Wildman–Crippen LogP) is 3.92. The van der Waals surface area contributed by atoms with Crippen molar-refractivity contribution in [3.63, 3.8) is 0 Å². The first-order valence-electron chi connectivity index (χ1n) is 5.22. The summed E-state index contributed by atoms with van der Waals surface area (Å²) in [5.74, 6) is 0.952. The molecule has 0 spiro atoms.